The number of morpholine rings is 1. The number of hydrogen-bond donors (Lipinski definition) is 0. The van der Waals surface area contributed by atoms with E-state index in [1.807, 2.05) is 0 Å². The lowest BCUT2D eigenvalue weighted by Gasteiger charge is -2.27. The van der Waals surface area contributed by atoms with Crippen molar-refractivity contribution in [2.45, 2.75) is 6.54 Å². The molecule has 1 aromatic rings. The quantitative estimate of drug-likeness (QED) is 0.793. The van der Waals surface area contributed by atoms with Gasteiger partial charge in [0.15, 0.2) is 0 Å². The van der Waals surface area contributed by atoms with E-state index in [0.717, 1.165) is 38.4 Å². The number of hydrogen-bond acceptors (Lipinski definition) is 3. The molecule has 1 saturated heterocycles. The van der Waals surface area contributed by atoms with Crippen molar-refractivity contribution in [1.29, 1.82) is 0 Å². The topological polar surface area (TPSA) is 29.5 Å². The third-order valence-corrected chi connectivity index (χ3v) is 3.36. The fourth-order valence-electron chi connectivity index (χ4n) is 1.82. The van der Waals surface area contributed by atoms with Crippen LogP contribution in [-0.2, 0) is 11.3 Å². The minimum absolute atomic E-state index is 0.454. The maximum atomic E-state index is 11.1. The molecule has 0 aromatic heterocycles. The molecule has 0 aliphatic carbocycles. The van der Waals surface area contributed by atoms with E-state index >= 15 is 0 Å². The molecule has 0 spiro atoms. The van der Waals surface area contributed by atoms with Crippen LogP contribution in [0.4, 0.5) is 0 Å². The van der Waals surface area contributed by atoms with E-state index in [4.69, 9.17) is 27.9 Å². The highest BCUT2D eigenvalue weighted by Gasteiger charge is 2.13. The van der Waals surface area contributed by atoms with Crippen LogP contribution in [-0.4, -0.2) is 36.4 Å². The highest BCUT2D eigenvalue weighted by Crippen LogP contribution is 2.20. The molecular formula is C12H13Cl2NO2. The zero-order chi connectivity index (χ0) is 12.3. The van der Waals surface area contributed by atoms with Crippen molar-refractivity contribution >= 4 is 28.4 Å². The molecule has 3 nitrogen and oxygen atoms in total. The molecule has 17 heavy (non-hydrogen) atoms. The largest absolute Gasteiger partial charge is 0.379 e. The second kappa shape index (κ2) is 5.83. The zero-order valence-electron chi connectivity index (χ0n) is 9.29. The average Bonchev–Trinajstić information content (AvgIpc) is 2.33. The lowest BCUT2D eigenvalue weighted by molar-refractivity contribution is 0.0342. The molecular weight excluding hydrogens is 261 g/mol. The third-order valence-electron chi connectivity index (χ3n) is 2.77. The van der Waals surface area contributed by atoms with E-state index in [2.05, 4.69) is 4.90 Å². The average molecular weight is 274 g/mol. The Morgan fingerprint density at radius 3 is 2.71 bits per heavy atom. The Labute approximate surface area is 110 Å². The van der Waals surface area contributed by atoms with Gasteiger partial charge < -0.3 is 4.74 Å². The second-order valence-corrected chi connectivity index (χ2v) is 4.72. The van der Waals surface area contributed by atoms with Gasteiger partial charge in [0.05, 0.1) is 13.2 Å². The third kappa shape index (κ3) is 3.42. The summed E-state index contributed by atoms with van der Waals surface area (Å²) >= 11 is 11.6. The van der Waals surface area contributed by atoms with E-state index in [0.29, 0.717) is 10.6 Å². The molecule has 0 N–H and O–H groups in total. The fourth-order valence-corrected chi connectivity index (χ4v) is 2.11. The molecule has 1 fully saturated rings. The number of halogens is 2. The molecule has 1 aromatic carbocycles. The molecule has 0 saturated carbocycles. The van der Waals surface area contributed by atoms with Crippen molar-refractivity contribution < 1.29 is 9.53 Å². The Bertz CT molecular complexity index is 417. The van der Waals surface area contributed by atoms with E-state index in [9.17, 15) is 4.79 Å². The van der Waals surface area contributed by atoms with E-state index in [1.54, 1.807) is 18.2 Å². The summed E-state index contributed by atoms with van der Waals surface area (Å²) in [5, 5.41) is 0.211. The van der Waals surface area contributed by atoms with Crippen molar-refractivity contribution in [3.63, 3.8) is 0 Å². The maximum Gasteiger partial charge on any atom is 0.252 e. The predicted molar refractivity (Wildman–Crippen MR) is 67.7 cm³/mol. The Hall–Kier alpha value is -0.610. The first-order chi connectivity index (χ1) is 8.16. The first-order valence-corrected chi connectivity index (χ1v) is 6.21. The molecule has 5 heteroatoms. The normalized spacial score (nSPS) is 17.1. The van der Waals surface area contributed by atoms with Crippen LogP contribution in [0, 0.1) is 0 Å². The van der Waals surface area contributed by atoms with E-state index in [-0.39, 0.29) is 0 Å². The summed E-state index contributed by atoms with van der Waals surface area (Å²) in [7, 11) is 0. The van der Waals surface area contributed by atoms with Gasteiger partial charge in [-0.25, -0.2) is 0 Å². The van der Waals surface area contributed by atoms with Crippen LogP contribution in [0.3, 0.4) is 0 Å². The molecule has 0 radical (unpaired) electrons. The number of rotatable bonds is 3. The van der Waals surface area contributed by atoms with Gasteiger partial charge >= 0.3 is 0 Å². The van der Waals surface area contributed by atoms with Gasteiger partial charge in [-0.2, -0.15) is 0 Å². The van der Waals surface area contributed by atoms with Crippen LogP contribution >= 0.6 is 23.2 Å². The smallest absolute Gasteiger partial charge is 0.252 e. The number of nitrogens with zero attached hydrogens (tertiary/aromatic N) is 1. The van der Waals surface area contributed by atoms with Crippen molar-refractivity contribution in [2.75, 3.05) is 26.3 Å². The number of benzene rings is 1. The zero-order valence-corrected chi connectivity index (χ0v) is 10.8. The highest BCUT2D eigenvalue weighted by atomic mass is 35.5. The number of carbonyl (C=O) groups is 1. The molecule has 92 valence electrons. The van der Waals surface area contributed by atoms with Gasteiger partial charge in [-0.1, -0.05) is 11.6 Å². The first kappa shape index (κ1) is 12.8. The summed E-state index contributed by atoms with van der Waals surface area (Å²) in [6.45, 7) is 3.97. The SMILES string of the molecule is O=C(Cl)c1ccc(Cl)c(CN2CCOCC2)c1. The van der Waals surface area contributed by atoms with Crippen molar-refractivity contribution in [3.05, 3.63) is 34.3 Å². The van der Waals surface area contributed by atoms with Crippen molar-refractivity contribution in [1.82, 2.24) is 4.90 Å². The van der Waals surface area contributed by atoms with Gasteiger partial charge in [-0.05, 0) is 35.4 Å². The molecule has 1 aliphatic heterocycles. The van der Waals surface area contributed by atoms with E-state index in [1.165, 1.54) is 0 Å². The molecule has 0 unspecified atom stereocenters. The lowest BCUT2D eigenvalue weighted by atomic mass is 10.1. The van der Waals surface area contributed by atoms with Crippen molar-refractivity contribution in [2.24, 2.45) is 0 Å². The van der Waals surface area contributed by atoms with E-state index < -0.39 is 5.24 Å². The Balaban J connectivity index is 2.13. The van der Waals surface area contributed by atoms with Crippen LogP contribution in [0.5, 0.6) is 0 Å². The van der Waals surface area contributed by atoms with Crippen LogP contribution in [0.15, 0.2) is 18.2 Å². The van der Waals surface area contributed by atoms with Gasteiger partial charge in [0.2, 0.25) is 0 Å². The van der Waals surface area contributed by atoms with Crippen LogP contribution < -0.4 is 0 Å². The number of ether oxygens (including phenoxy) is 1. The number of carbonyl (C=O) groups excluding carboxylic acids is 1. The molecule has 1 heterocycles. The minimum Gasteiger partial charge on any atom is -0.379 e. The summed E-state index contributed by atoms with van der Waals surface area (Å²) in [6, 6.07) is 5.11. The van der Waals surface area contributed by atoms with Gasteiger partial charge in [-0.3, -0.25) is 9.69 Å². The minimum atomic E-state index is -0.454. The molecule has 0 atom stereocenters. The monoisotopic (exact) mass is 273 g/mol. The van der Waals surface area contributed by atoms with Crippen LogP contribution in [0.25, 0.3) is 0 Å². The Morgan fingerprint density at radius 2 is 2.06 bits per heavy atom. The highest BCUT2D eigenvalue weighted by molar-refractivity contribution is 6.67. The standard InChI is InChI=1S/C12H13Cl2NO2/c13-11-2-1-9(12(14)16)7-10(11)8-15-3-5-17-6-4-15/h1-2,7H,3-6,8H2. The molecule has 2 rings (SSSR count). The van der Waals surface area contributed by atoms with Crippen molar-refractivity contribution in [3.8, 4) is 0 Å². The molecule has 1 aliphatic rings. The van der Waals surface area contributed by atoms with Crippen LogP contribution in [0.1, 0.15) is 15.9 Å². The lowest BCUT2D eigenvalue weighted by Crippen LogP contribution is -2.35. The van der Waals surface area contributed by atoms with Crippen LogP contribution in [0.2, 0.25) is 5.02 Å². The van der Waals surface area contributed by atoms with Gasteiger partial charge in [0.1, 0.15) is 0 Å². The summed E-state index contributed by atoms with van der Waals surface area (Å²) < 4.78 is 5.28. The predicted octanol–water partition coefficient (Wildman–Crippen LogP) is 2.55. The molecule has 0 amide bonds. The Morgan fingerprint density at radius 1 is 1.35 bits per heavy atom. The maximum absolute atomic E-state index is 11.1. The van der Waals surface area contributed by atoms with Gasteiger partial charge in [0, 0.05) is 30.2 Å². The Kier molecular flexibility index (Phi) is 4.40. The fraction of sp³-hybridized carbons (Fsp3) is 0.417. The summed E-state index contributed by atoms with van der Waals surface area (Å²) in [6.07, 6.45) is 0. The summed E-state index contributed by atoms with van der Waals surface area (Å²) in [5.74, 6) is 0. The second-order valence-electron chi connectivity index (χ2n) is 3.97. The molecule has 0 bridgehead atoms. The van der Waals surface area contributed by atoms with Gasteiger partial charge in [-0.15, -0.1) is 0 Å². The summed E-state index contributed by atoms with van der Waals surface area (Å²) in [5.41, 5.74) is 1.42. The first-order valence-electron chi connectivity index (χ1n) is 5.45. The summed E-state index contributed by atoms with van der Waals surface area (Å²) in [4.78, 5) is 13.3. The van der Waals surface area contributed by atoms with Gasteiger partial charge in [0.25, 0.3) is 5.24 Å².